The van der Waals surface area contributed by atoms with Crippen molar-refractivity contribution >= 4 is 11.8 Å². The van der Waals surface area contributed by atoms with Gasteiger partial charge in [0, 0.05) is 19.1 Å². The lowest BCUT2D eigenvalue weighted by molar-refractivity contribution is -0.138. The third-order valence-electron chi connectivity index (χ3n) is 5.23. The van der Waals surface area contributed by atoms with E-state index in [2.05, 4.69) is 22.4 Å². The van der Waals surface area contributed by atoms with Crippen molar-refractivity contribution in [3.63, 3.8) is 0 Å². The van der Waals surface area contributed by atoms with Crippen LogP contribution < -0.4 is 5.32 Å². The van der Waals surface area contributed by atoms with E-state index in [0.717, 1.165) is 44.5 Å². The van der Waals surface area contributed by atoms with E-state index < -0.39 is 0 Å². The summed E-state index contributed by atoms with van der Waals surface area (Å²) in [4.78, 5) is 29.1. The Balaban J connectivity index is 1.42. The van der Waals surface area contributed by atoms with Crippen LogP contribution in [0.1, 0.15) is 41.9 Å². The van der Waals surface area contributed by atoms with E-state index in [1.807, 2.05) is 15.6 Å². The summed E-state index contributed by atoms with van der Waals surface area (Å²) in [5.74, 6) is 0.264. The molecule has 0 bridgehead atoms. The van der Waals surface area contributed by atoms with Gasteiger partial charge < -0.3 is 15.1 Å². The van der Waals surface area contributed by atoms with Crippen LogP contribution in [-0.2, 0) is 17.9 Å². The molecule has 1 saturated heterocycles. The maximum atomic E-state index is 12.8. The van der Waals surface area contributed by atoms with Gasteiger partial charge in [-0.3, -0.25) is 14.3 Å². The minimum absolute atomic E-state index is 0.0915. The predicted molar refractivity (Wildman–Crippen MR) is 88.4 cm³/mol. The van der Waals surface area contributed by atoms with Crippen molar-refractivity contribution < 1.29 is 9.59 Å². The fourth-order valence-corrected chi connectivity index (χ4v) is 3.68. The Labute approximate surface area is 142 Å². The SMILES string of the molecule is CN1CCCC(C(=O)N2CCn3nc(C(=O)NC4CC4)cc3C2)C1. The molecule has 1 aromatic rings. The molecular formula is C17H25N5O2. The number of hydrogen-bond acceptors (Lipinski definition) is 4. The number of hydrogen-bond donors (Lipinski definition) is 1. The van der Waals surface area contributed by atoms with Gasteiger partial charge in [-0.25, -0.2) is 0 Å². The zero-order valence-electron chi connectivity index (χ0n) is 14.2. The number of carbonyl (C=O) groups excluding carboxylic acids is 2. The minimum atomic E-state index is -0.0915. The highest BCUT2D eigenvalue weighted by Gasteiger charge is 2.31. The second-order valence-corrected chi connectivity index (χ2v) is 7.35. The lowest BCUT2D eigenvalue weighted by Gasteiger charge is -2.34. The van der Waals surface area contributed by atoms with E-state index in [4.69, 9.17) is 0 Å². The molecule has 1 aromatic heterocycles. The summed E-state index contributed by atoms with van der Waals surface area (Å²) < 4.78 is 1.87. The molecule has 7 heteroatoms. The molecule has 3 heterocycles. The summed E-state index contributed by atoms with van der Waals surface area (Å²) >= 11 is 0. The number of carbonyl (C=O) groups is 2. The summed E-state index contributed by atoms with van der Waals surface area (Å²) in [6.45, 7) is 3.83. The van der Waals surface area contributed by atoms with Crippen molar-refractivity contribution in [2.24, 2.45) is 5.92 Å². The molecule has 24 heavy (non-hydrogen) atoms. The third kappa shape index (κ3) is 3.17. The third-order valence-corrected chi connectivity index (χ3v) is 5.23. The van der Waals surface area contributed by atoms with Gasteiger partial charge in [-0.2, -0.15) is 5.10 Å². The highest BCUT2D eigenvalue weighted by Crippen LogP contribution is 2.22. The maximum Gasteiger partial charge on any atom is 0.272 e. The smallest absolute Gasteiger partial charge is 0.272 e. The first-order valence-corrected chi connectivity index (χ1v) is 8.95. The standard InChI is InChI=1S/C17H25N5O2/c1-20-6-2-3-12(10-20)17(24)21-7-8-22-14(11-21)9-15(19-22)16(23)18-13-4-5-13/h9,12-13H,2-8,10-11H2,1H3,(H,18,23). The first-order chi connectivity index (χ1) is 11.6. The van der Waals surface area contributed by atoms with Gasteiger partial charge in [0.05, 0.1) is 24.7 Å². The summed E-state index contributed by atoms with van der Waals surface area (Å²) in [5, 5.41) is 7.38. The second kappa shape index (κ2) is 6.20. The van der Waals surface area contributed by atoms with Crippen LogP contribution in [0.15, 0.2) is 6.07 Å². The molecule has 1 N–H and O–H groups in total. The molecule has 130 valence electrons. The molecule has 4 rings (SSSR count). The van der Waals surface area contributed by atoms with E-state index in [0.29, 0.717) is 31.4 Å². The van der Waals surface area contributed by atoms with E-state index in [9.17, 15) is 9.59 Å². The molecule has 0 spiro atoms. The number of aromatic nitrogens is 2. The quantitative estimate of drug-likeness (QED) is 0.873. The Kier molecular flexibility index (Phi) is 4.04. The Morgan fingerprint density at radius 2 is 2.04 bits per heavy atom. The van der Waals surface area contributed by atoms with E-state index in [1.54, 1.807) is 0 Å². The predicted octanol–water partition coefficient (Wildman–Crippen LogP) is 0.459. The Bertz CT molecular complexity index is 651. The number of nitrogens with one attached hydrogen (secondary N) is 1. The summed E-state index contributed by atoms with van der Waals surface area (Å²) in [6.07, 6.45) is 4.20. The molecule has 0 aromatic carbocycles. The van der Waals surface area contributed by atoms with Crippen molar-refractivity contribution in [2.75, 3.05) is 26.7 Å². The highest BCUT2D eigenvalue weighted by atomic mass is 16.2. The lowest BCUT2D eigenvalue weighted by Crippen LogP contribution is -2.46. The molecule has 1 unspecified atom stereocenters. The maximum absolute atomic E-state index is 12.8. The molecule has 1 atom stereocenters. The first kappa shape index (κ1) is 15.6. The van der Waals surface area contributed by atoms with Gasteiger partial charge in [0.15, 0.2) is 5.69 Å². The summed E-state index contributed by atoms with van der Waals surface area (Å²) in [5.41, 5.74) is 1.43. The van der Waals surface area contributed by atoms with Crippen molar-refractivity contribution in [1.82, 2.24) is 24.9 Å². The van der Waals surface area contributed by atoms with Crippen molar-refractivity contribution in [2.45, 2.75) is 44.8 Å². The van der Waals surface area contributed by atoms with Crippen LogP contribution in [0, 0.1) is 5.92 Å². The number of fused-ring (bicyclic) bond motifs is 1. The second-order valence-electron chi connectivity index (χ2n) is 7.35. The van der Waals surface area contributed by atoms with Crippen LogP contribution in [0.2, 0.25) is 0 Å². The normalized spacial score (nSPS) is 24.5. The van der Waals surface area contributed by atoms with Crippen LogP contribution >= 0.6 is 0 Å². The van der Waals surface area contributed by atoms with Crippen LogP contribution in [0.4, 0.5) is 0 Å². The van der Waals surface area contributed by atoms with Crippen molar-refractivity contribution in [1.29, 1.82) is 0 Å². The molecule has 1 saturated carbocycles. The Morgan fingerprint density at radius 3 is 2.79 bits per heavy atom. The monoisotopic (exact) mass is 331 g/mol. The minimum Gasteiger partial charge on any atom is -0.348 e. The summed E-state index contributed by atoms with van der Waals surface area (Å²) in [6, 6.07) is 2.17. The van der Waals surface area contributed by atoms with Gasteiger partial charge in [-0.1, -0.05) is 0 Å². The number of piperidine rings is 1. The average molecular weight is 331 g/mol. The molecule has 2 aliphatic heterocycles. The van der Waals surface area contributed by atoms with Gasteiger partial charge in [0.1, 0.15) is 0 Å². The molecule has 7 nitrogen and oxygen atoms in total. The Hall–Kier alpha value is -1.89. The van der Waals surface area contributed by atoms with Crippen LogP contribution in [0.5, 0.6) is 0 Å². The van der Waals surface area contributed by atoms with Crippen LogP contribution in [-0.4, -0.2) is 64.1 Å². The fourth-order valence-electron chi connectivity index (χ4n) is 3.68. The summed E-state index contributed by atoms with van der Waals surface area (Å²) in [7, 11) is 2.08. The van der Waals surface area contributed by atoms with Gasteiger partial charge in [0.2, 0.25) is 5.91 Å². The van der Waals surface area contributed by atoms with Gasteiger partial charge in [-0.15, -0.1) is 0 Å². The average Bonchev–Trinajstić information content (AvgIpc) is 3.28. The van der Waals surface area contributed by atoms with Gasteiger partial charge >= 0.3 is 0 Å². The molecule has 2 fully saturated rings. The zero-order valence-corrected chi connectivity index (χ0v) is 14.2. The molecular weight excluding hydrogens is 306 g/mol. The van der Waals surface area contributed by atoms with E-state index in [-0.39, 0.29) is 17.7 Å². The van der Waals surface area contributed by atoms with E-state index in [1.165, 1.54) is 0 Å². The lowest BCUT2D eigenvalue weighted by atomic mass is 9.96. The Morgan fingerprint density at radius 1 is 1.21 bits per heavy atom. The first-order valence-electron chi connectivity index (χ1n) is 8.95. The molecule has 3 aliphatic rings. The van der Waals surface area contributed by atoms with Crippen molar-refractivity contribution in [3.8, 4) is 0 Å². The molecule has 2 amide bonds. The van der Waals surface area contributed by atoms with Crippen molar-refractivity contribution in [3.05, 3.63) is 17.5 Å². The number of rotatable bonds is 3. The topological polar surface area (TPSA) is 70.5 Å². The molecule has 1 aliphatic carbocycles. The largest absolute Gasteiger partial charge is 0.348 e. The van der Waals surface area contributed by atoms with Crippen LogP contribution in [0.25, 0.3) is 0 Å². The highest BCUT2D eigenvalue weighted by molar-refractivity contribution is 5.92. The van der Waals surface area contributed by atoms with E-state index >= 15 is 0 Å². The number of nitrogens with zero attached hydrogens (tertiary/aromatic N) is 4. The fraction of sp³-hybridized carbons (Fsp3) is 0.706. The number of likely N-dealkylation sites (tertiary alicyclic amines) is 1. The number of amides is 2. The van der Waals surface area contributed by atoms with Crippen LogP contribution in [0.3, 0.4) is 0 Å². The molecule has 0 radical (unpaired) electrons. The van der Waals surface area contributed by atoms with Gasteiger partial charge in [-0.05, 0) is 45.3 Å². The van der Waals surface area contributed by atoms with Gasteiger partial charge in [0.25, 0.3) is 5.91 Å². The zero-order chi connectivity index (χ0) is 16.7.